The SMILES string of the molecule is COc1cc(Nc2nc3ccccc3nc2N(c2cccc(N3CCC[C@@H]3C(N)=O)c2)[SH](=O)=O)cc(OC)c1. The van der Waals surface area contributed by atoms with Gasteiger partial charge >= 0.3 is 0 Å². The van der Waals surface area contributed by atoms with Crippen LogP contribution in [0.5, 0.6) is 11.5 Å². The van der Waals surface area contributed by atoms with E-state index in [2.05, 4.69) is 5.32 Å². The Hall–Kier alpha value is -4.58. The first-order valence-electron chi connectivity index (χ1n) is 12.3. The summed E-state index contributed by atoms with van der Waals surface area (Å²) in [4.78, 5) is 23.3. The van der Waals surface area contributed by atoms with Gasteiger partial charge in [0, 0.05) is 36.1 Å². The zero-order chi connectivity index (χ0) is 27.5. The molecule has 1 amide bonds. The van der Waals surface area contributed by atoms with E-state index in [1.54, 1.807) is 68.8 Å². The number of para-hydroxylation sites is 2. The van der Waals surface area contributed by atoms with E-state index >= 15 is 0 Å². The Morgan fingerprint density at radius 2 is 1.69 bits per heavy atom. The van der Waals surface area contributed by atoms with Crippen molar-refractivity contribution in [3.05, 3.63) is 66.7 Å². The number of aromatic nitrogens is 2. The number of carbonyl (C=O) groups excluding carboxylic acids is 1. The van der Waals surface area contributed by atoms with E-state index in [4.69, 9.17) is 25.2 Å². The third kappa shape index (κ3) is 5.36. The molecule has 11 nitrogen and oxygen atoms in total. The first kappa shape index (κ1) is 26.0. The highest BCUT2D eigenvalue weighted by Crippen LogP contribution is 2.37. The first-order valence-corrected chi connectivity index (χ1v) is 13.4. The van der Waals surface area contributed by atoms with Crippen LogP contribution in [-0.4, -0.2) is 51.1 Å². The number of ether oxygens (including phenoxy) is 2. The topological polar surface area (TPSA) is 140 Å². The maximum absolute atomic E-state index is 12.8. The van der Waals surface area contributed by atoms with Crippen LogP contribution in [0.4, 0.5) is 28.7 Å². The molecule has 202 valence electrons. The molecule has 5 rings (SSSR count). The van der Waals surface area contributed by atoms with Crippen LogP contribution < -0.4 is 29.7 Å². The molecule has 3 aromatic carbocycles. The molecule has 39 heavy (non-hydrogen) atoms. The number of nitrogens with two attached hydrogens (primary N) is 1. The number of hydrogen-bond donors (Lipinski definition) is 3. The number of benzene rings is 3. The Bertz CT molecular complexity index is 1580. The van der Waals surface area contributed by atoms with Crippen LogP contribution in [0.1, 0.15) is 12.8 Å². The Balaban J connectivity index is 1.63. The van der Waals surface area contributed by atoms with Gasteiger partial charge in [-0.3, -0.25) is 4.79 Å². The van der Waals surface area contributed by atoms with Crippen molar-refractivity contribution >= 4 is 56.5 Å². The second-order valence-electron chi connectivity index (χ2n) is 8.93. The highest BCUT2D eigenvalue weighted by molar-refractivity contribution is 7.74. The molecule has 0 bridgehead atoms. The van der Waals surface area contributed by atoms with Crippen molar-refractivity contribution < 1.29 is 22.7 Å². The summed E-state index contributed by atoms with van der Waals surface area (Å²) in [5.41, 5.74) is 8.31. The lowest BCUT2D eigenvalue weighted by atomic mass is 10.2. The van der Waals surface area contributed by atoms with Crippen LogP contribution in [0.2, 0.25) is 0 Å². The largest absolute Gasteiger partial charge is 0.497 e. The summed E-state index contributed by atoms with van der Waals surface area (Å²) in [7, 11) is -0.115. The second-order valence-corrected chi connectivity index (χ2v) is 9.81. The number of nitrogens with one attached hydrogen (secondary N) is 1. The van der Waals surface area contributed by atoms with Gasteiger partial charge in [0.1, 0.15) is 17.5 Å². The van der Waals surface area contributed by atoms with Gasteiger partial charge in [-0.1, -0.05) is 18.2 Å². The number of carbonyl (C=O) groups is 1. The van der Waals surface area contributed by atoms with Gasteiger partial charge in [0.05, 0.1) is 30.9 Å². The number of thiol groups is 1. The lowest BCUT2D eigenvalue weighted by Gasteiger charge is -2.26. The van der Waals surface area contributed by atoms with Gasteiger partial charge in [-0.2, -0.15) is 0 Å². The van der Waals surface area contributed by atoms with E-state index in [9.17, 15) is 13.2 Å². The van der Waals surface area contributed by atoms with E-state index in [0.717, 1.165) is 10.7 Å². The fourth-order valence-electron chi connectivity index (χ4n) is 4.71. The Labute approximate surface area is 227 Å². The fraction of sp³-hybridized carbons (Fsp3) is 0.222. The molecule has 3 N–H and O–H groups in total. The van der Waals surface area contributed by atoms with Gasteiger partial charge < -0.3 is 25.4 Å². The van der Waals surface area contributed by atoms with Crippen molar-refractivity contribution in [2.24, 2.45) is 5.73 Å². The molecule has 12 heteroatoms. The molecule has 1 aliphatic heterocycles. The van der Waals surface area contributed by atoms with Crippen LogP contribution in [-0.2, 0) is 15.7 Å². The van der Waals surface area contributed by atoms with Gasteiger partial charge in [-0.25, -0.2) is 22.7 Å². The van der Waals surface area contributed by atoms with E-state index in [0.29, 0.717) is 52.6 Å². The zero-order valence-electron chi connectivity index (χ0n) is 21.4. The smallest absolute Gasteiger partial charge is 0.240 e. The van der Waals surface area contributed by atoms with Crippen molar-refractivity contribution in [2.75, 3.05) is 35.3 Å². The molecule has 1 fully saturated rings. The van der Waals surface area contributed by atoms with Gasteiger partial charge in [0.25, 0.3) is 0 Å². The molecular weight excluding hydrogens is 520 g/mol. The van der Waals surface area contributed by atoms with Crippen LogP contribution >= 0.6 is 0 Å². The lowest BCUT2D eigenvalue weighted by molar-refractivity contribution is -0.119. The van der Waals surface area contributed by atoms with Crippen LogP contribution in [0.15, 0.2) is 66.7 Å². The van der Waals surface area contributed by atoms with E-state index < -0.39 is 22.8 Å². The number of methoxy groups -OCH3 is 2. The molecule has 0 saturated carbocycles. The minimum Gasteiger partial charge on any atom is -0.497 e. The molecule has 0 unspecified atom stereocenters. The molecule has 1 atom stereocenters. The van der Waals surface area contributed by atoms with Crippen molar-refractivity contribution in [3.8, 4) is 11.5 Å². The van der Waals surface area contributed by atoms with Gasteiger partial charge in [0.15, 0.2) is 11.6 Å². The predicted molar refractivity (Wildman–Crippen MR) is 151 cm³/mol. The summed E-state index contributed by atoms with van der Waals surface area (Å²) >= 11 is 0. The average molecular weight is 549 g/mol. The van der Waals surface area contributed by atoms with Gasteiger partial charge in [-0.15, -0.1) is 0 Å². The van der Waals surface area contributed by atoms with Crippen molar-refractivity contribution in [3.63, 3.8) is 0 Å². The zero-order valence-corrected chi connectivity index (χ0v) is 22.3. The molecule has 0 aliphatic carbocycles. The number of nitrogens with zero attached hydrogens (tertiary/aromatic N) is 4. The highest BCUT2D eigenvalue weighted by Gasteiger charge is 2.30. The molecule has 0 radical (unpaired) electrons. The van der Waals surface area contributed by atoms with Gasteiger partial charge in [0.2, 0.25) is 16.8 Å². The van der Waals surface area contributed by atoms with Crippen LogP contribution in [0.3, 0.4) is 0 Å². The molecule has 1 saturated heterocycles. The van der Waals surface area contributed by atoms with Crippen molar-refractivity contribution in [1.82, 2.24) is 9.97 Å². The normalized spacial score (nSPS) is 14.9. The third-order valence-electron chi connectivity index (χ3n) is 6.52. The summed E-state index contributed by atoms with van der Waals surface area (Å²) in [5.74, 6) is 0.967. The highest BCUT2D eigenvalue weighted by atomic mass is 32.2. The first-order chi connectivity index (χ1) is 18.9. The number of fused-ring (bicyclic) bond motifs is 1. The Kier molecular flexibility index (Phi) is 7.37. The molecule has 0 spiro atoms. The van der Waals surface area contributed by atoms with E-state index in [-0.39, 0.29) is 11.6 Å². The Morgan fingerprint density at radius 1 is 1.00 bits per heavy atom. The van der Waals surface area contributed by atoms with Crippen LogP contribution in [0.25, 0.3) is 11.0 Å². The second kappa shape index (κ2) is 11.0. The van der Waals surface area contributed by atoms with E-state index in [1.807, 2.05) is 17.0 Å². The lowest BCUT2D eigenvalue weighted by Crippen LogP contribution is -2.40. The summed E-state index contributed by atoms with van der Waals surface area (Å²) in [5, 5.41) is 3.20. The van der Waals surface area contributed by atoms with Crippen LogP contribution in [0, 0.1) is 0 Å². The summed E-state index contributed by atoms with van der Waals surface area (Å²) in [6.45, 7) is 0.640. The predicted octanol–water partition coefficient (Wildman–Crippen LogP) is 3.51. The fourth-order valence-corrected chi connectivity index (χ4v) is 5.31. The average Bonchev–Trinajstić information content (AvgIpc) is 3.44. The third-order valence-corrected chi connectivity index (χ3v) is 7.26. The summed E-state index contributed by atoms with van der Waals surface area (Å²) < 4.78 is 37.4. The number of rotatable bonds is 9. The molecule has 1 aliphatic rings. The summed E-state index contributed by atoms with van der Waals surface area (Å²) in [6, 6.07) is 18.9. The minimum atomic E-state index is -3.20. The maximum Gasteiger partial charge on any atom is 0.240 e. The monoisotopic (exact) mass is 548 g/mol. The Morgan fingerprint density at radius 3 is 2.33 bits per heavy atom. The number of anilines is 5. The quantitative estimate of drug-likeness (QED) is 0.268. The van der Waals surface area contributed by atoms with E-state index in [1.165, 1.54) is 0 Å². The molecule has 1 aromatic heterocycles. The maximum atomic E-state index is 12.8. The standard InChI is InChI=1S/C27H28N6O5S/c1-37-20-13-17(14-21(16-20)38-2)29-26-27(31-23-10-4-3-9-22(23)30-26)33(39(35)36)19-8-5-7-18(15-19)32-12-6-11-24(32)25(28)34/h3-5,7-10,13-16,24,39H,6,11-12H2,1-2H3,(H2,28,34)(H,29,30)/t24-/m1/s1. The number of hydrogen-bond acceptors (Lipinski definition) is 9. The van der Waals surface area contributed by atoms with Crippen molar-refractivity contribution in [2.45, 2.75) is 18.9 Å². The number of primary amides is 1. The minimum absolute atomic E-state index is 0.0802. The molecule has 2 heterocycles. The summed E-state index contributed by atoms with van der Waals surface area (Å²) in [6.07, 6.45) is 1.46. The van der Waals surface area contributed by atoms with Gasteiger partial charge in [-0.05, 0) is 43.2 Å². The van der Waals surface area contributed by atoms with Crippen molar-refractivity contribution in [1.29, 1.82) is 0 Å². The molecule has 4 aromatic rings. The number of amides is 1. The molecular formula is C27H28N6O5S.